The van der Waals surface area contributed by atoms with Crippen LogP contribution in [0.1, 0.15) is 24.5 Å². The van der Waals surface area contributed by atoms with Gasteiger partial charge in [0.15, 0.2) is 5.82 Å². The summed E-state index contributed by atoms with van der Waals surface area (Å²) >= 11 is 5.64. The van der Waals surface area contributed by atoms with E-state index in [2.05, 4.69) is 27.1 Å². The minimum atomic E-state index is -4.58. The van der Waals surface area contributed by atoms with Crippen LogP contribution in [0.3, 0.4) is 0 Å². The van der Waals surface area contributed by atoms with Crippen molar-refractivity contribution < 1.29 is 22.0 Å². The fourth-order valence-electron chi connectivity index (χ4n) is 2.65. The highest BCUT2D eigenvalue weighted by Gasteiger charge is 2.33. The molecule has 0 bridgehead atoms. The van der Waals surface area contributed by atoms with Crippen molar-refractivity contribution in [1.29, 1.82) is 0 Å². The van der Waals surface area contributed by atoms with E-state index in [9.17, 15) is 22.0 Å². The summed E-state index contributed by atoms with van der Waals surface area (Å²) in [5.41, 5.74) is -1.14. The number of benzene rings is 2. The first-order valence-corrected chi connectivity index (χ1v) is 8.75. The first-order valence-electron chi connectivity index (χ1n) is 8.37. The number of nitrogens with one attached hydrogen (secondary N) is 1. The average molecular weight is 426 g/mol. The van der Waals surface area contributed by atoms with E-state index in [1.807, 2.05) is 0 Å². The molecule has 3 rings (SSSR count). The number of hydrogen-bond acceptors (Lipinski definition) is 3. The maximum Gasteiger partial charge on any atom is 0.417 e. The lowest BCUT2D eigenvalue weighted by Gasteiger charge is -2.13. The third-order valence-corrected chi connectivity index (χ3v) is 4.19. The molecule has 29 heavy (non-hydrogen) atoms. The van der Waals surface area contributed by atoms with E-state index in [0.717, 1.165) is 24.5 Å². The zero-order chi connectivity index (χ0) is 21.2. The van der Waals surface area contributed by atoms with Gasteiger partial charge < -0.3 is 5.32 Å². The highest BCUT2D eigenvalue weighted by atomic mass is 35.5. The van der Waals surface area contributed by atoms with Crippen molar-refractivity contribution in [3.8, 4) is 11.8 Å². The van der Waals surface area contributed by atoms with Gasteiger partial charge in [-0.05, 0) is 31.2 Å². The Balaban J connectivity index is 1.79. The van der Waals surface area contributed by atoms with Crippen LogP contribution in [0.25, 0.3) is 10.9 Å². The highest BCUT2D eigenvalue weighted by molar-refractivity contribution is 6.30. The van der Waals surface area contributed by atoms with Crippen molar-refractivity contribution in [2.75, 3.05) is 5.32 Å². The third-order valence-electron chi connectivity index (χ3n) is 3.96. The monoisotopic (exact) mass is 425 g/mol. The standard InChI is InChI=1S/C20H13ClF5N3/c1-11(3-2-4-12-5-6-13(21)7-16(12)20(24,25)26)29-19-15-8-14(22)9-17(23)18(15)27-10-28-19/h5-11H,3H2,1H3,(H,27,28,29). The molecular weight excluding hydrogens is 413 g/mol. The van der Waals surface area contributed by atoms with Gasteiger partial charge in [-0.3, -0.25) is 0 Å². The molecule has 150 valence electrons. The van der Waals surface area contributed by atoms with Crippen LogP contribution < -0.4 is 5.32 Å². The molecule has 1 aromatic heterocycles. The lowest BCUT2D eigenvalue weighted by molar-refractivity contribution is -0.137. The topological polar surface area (TPSA) is 37.8 Å². The Kier molecular flexibility index (Phi) is 5.89. The number of fused-ring (bicyclic) bond motifs is 1. The lowest BCUT2D eigenvalue weighted by Crippen LogP contribution is -2.15. The van der Waals surface area contributed by atoms with E-state index < -0.39 is 23.4 Å². The third kappa shape index (κ3) is 4.93. The van der Waals surface area contributed by atoms with Gasteiger partial charge in [0.05, 0.1) is 5.56 Å². The second kappa shape index (κ2) is 8.21. The molecule has 0 saturated carbocycles. The predicted molar refractivity (Wildman–Crippen MR) is 100 cm³/mol. The van der Waals surface area contributed by atoms with Gasteiger partial charge >= 0.3 is 6.18 Å². The number of anilines is 1. The Hall–Kier alpha value is -2.92. The number of rotatable bonds is 3. The van der Waals surface area contributed by atoms with Crippen molar-refractivity contribution in [2.24, 2.45) is 0 Å². The van der Waals surface area contributed by atoms with Crippen LogP contribution in [-0.4, -0.2) is 16.0 Å². The zero-order valence-electron chi connectivity index (χ0n) is 14.9. The van der Waals surface area contributed by atoms with Crippen LogP contribution in [0.15, 0.2) is 36.7 Å². The number of halogens is 6. The number of aromatic nitrogens is 2. The van der Waals surface area contributed by atoms with Crippen molar-refractivity contribution in [3.63, 3.8) is 0 Å². The first-order chi connectivity index (χ1) is 13.6. The van der Waals surface area contributed by atoms with Crippen LogP contribution >= 0.6 is 11.6 Å². The fraction of sp³-hybridized carbons (Fsp3) is 0.200. The maximum atomic E-state index is 13.8. The van der Waals surface area contributed by atoms with E-state index in [-0.39, 0.29) is 39.8 Å². The van der Waals surface area contributed by atoms with Crippen molar-refractivity contribution in [3.05, 3.63) is 64.4 Å². The molecule has 0 spiro atoms. The Bertz CT molecular complexity index is 1120. The Labute approximate surface area is 167 Å². The van der Waals surface area contributed by atoms with E-state index in [1.54, 1.807) is 6.92 Å². The molecule has 1 heterocycles. The molecule has 0 aliphatic heterocycles. The van der Waals surface area contributed by atoms with Gasteiger partial charge in [-0.15, -0.1) is 0 Å². The molecule has 0 amide bonds. The molecule has 0 radical (unpaired) electrons. The molecule has 9 heteroatoms. The molecule has 2 aromatic carbocycles. The largest absolute Gasteiger partial charge is 0.417 e. The summed E-state index contributed by atoms with van der Waals surface area (Å²) in [5.74, 6) is 3.78. The summed E-state index contributed by atoms with van der Waals surface area (Å²) in [6, 6.07) is 4.82. The second-order valence-electron chi connectivity index (χ2n) is 6.25. The summed E-state index contributed by atoms with van der Waals surface area (Å²) < 4.78 is 66.7. The molecule has 3 nitrogen and oxygen atoms in total. The SMILES string of the molecule is CC(CC#Cc1ccc(Cl)cc1C(F)(F)F)Nc1ncnc2c(F)cc(F)cc12. The van der Waals surface area contributed by atoms with Crippen LogP contribution in [0.2, 0.25) is 5.02 Å². The Morgan fingerprint density at radius 3 is 2.62 bits per heavy atom. The summed E-state index contributed by atoms with van der Waals surface area (Å²) in [7, 11) is 0. The fourth-order valence-corrected chi connectivity index (χ4v) is 2.82. The summed E-state index contributed by atoms with van der Waals surface area (Å²) in [5, 5.41) is 3.07. The van der Waals surface area contributed by atoms with Crippen molar-refractivity contribution >= 4 is 28.3 Å². The van der Waals surface area contributed by atoms with E-state index in [1.165, 1.54) is 12.1 Å². The van der Waals surface area contributed by atoms with Crippen LogP contribution in [0, 0.1) is 23.5 Å². The molecule has 0 aliphatic carbocycles. The normalized spacial score (nSPS) is 12.4. The minimum absolute atomic E-state index is 0.0342. The summed E-state index contributed by atoms with van der Waals surface area (Å²) in [6.07, 6.45) is -3.29. The van der Waals surface area contributed by atoms with Crippen molar-refractivity contribution in [2.45, 2.75) is 25.6 Å². The van der Waals surface area contributed by atoms with E-state index >= 15 is 0 Å². The molecule has 0 fully saturated rings. The van der Waals surface area contributed by atoms with Crippen LogP contribution in [-0.2, 0) is 6.18 Å². The Morgan fingerprint density at radius 2 is 1.90 bits per heavy atom. The van der Waals surface area contributed by atoms with Crippen LogP contribution in [0.5, 0.6) is 0 Å². The second-order valence-corrected chi connectivity index (χ2v) is 6.68. The Morgan fingerprint density at radius 1 is 1.14 bits per heavy atom. The van der Waals surface area contributed by atoms with Crippen LogP contribution in [0.4, 0.5) is 27.8 Å². The van der Waals surface area contributed by atoms with Gasteiger partial charge in [-0.2, -0.15) is 13.2 Å². The first kappa shape index (κ1) is 20.8. The zero-order valence-corrected chi connectivity index (χ0v) is 15.7. The molecule has 1 N–H and O–H groups in total. The van der Waals surface area contributed by atoms with E-state index in [0.29, 0.717) is 0 Å². The maximum absolute atomic E-state index is 13.8. The minimum Gasteiger partial charge on any atom is -0.366 e. The molecule has 0 aliphatic rings. The molecule has 1 atom stereocenters. The average Bonchev–Trinajstić information content (AvgIpc) is 2.62. The number of hydrogen-bond donors (Lipinski definition) is 1. The highest BCUT2D eigenvalue weighted by Crippen LogP contribution is 2.33. The number of nitrogens with zero attached hydrogens (tertiary/aromatic N) is 2. The van der Waals surface area contributed by atoms with Gasteiger partial charge in [0, 0.05) is 34.5 Å². The predicted octanol–water partition coefficient (Wildman–Crippen LogP) is 5.82. The van der Waals surface area contributed by atoms with Gasteiger partial charge in [-0.25, -0.2) is 18.7 Å². The molecular formula is C20H13ClF5N3. The molecule has 3 aromatic rings. The molecule has 0 saturated heterocycles. The quantitative estimate of drug-likeness (QED) is 0.424. The molecule has 1 unspecified atom stereocenters. The number of alkyl halides is 3. The summed E-state index contributed by atoms with van der Waals surface area (Å²) in [6.45, 7) is 1.71. The van der Waals surface area contributed by atoms with Gasteiger partial charge in [-0.1, -0.05) is 23.4 Å². The van der Waals surface area contributed by atoms with Gasteiger partial charge in [0.2, 0.25) is 0 Å². The van der Waals surface area contributed by atoms with Crippen molar-refractivity contribution in [1.82, 2.24) is 9.97 Å². The lowest BCUT2D eigenvalue weighted by atomic mass is 10.1. The van der Waals surface area contributed by atoms with Gasteiger partial charge in [0.25, 0.3) is 0 Å². The smallest absolute Gasteiger partial charge is 0.366 e. The summed E-state index contributed by atoms with van der Waals surface area (Å²) in [4.78, 5) is 7.78. The van der Waals surface area contributed by atoms with Gasteiger partial charge in [0.1, 0.15) is 23.5 Å². The van der Waals surface area contributed by atoms with E-state index in [4.69, 9.17) is 11.6 Å².